The number of carbonyl (C=O) groups is 3. The summed E-state index contributed by atoms with van der Waals surface area (Å²) in [5.41, 5.74) is 1.05. The lowest BCUT2D eigenvalue weighted by atomic mass is 10.1. The summed E-state index contributed by atoms with van der Waals surface area (Å²) >= 11 is 1.46. The molecule has 10 heteroatoms. The number of hydrogen-bond acceptors (Lipinski definition) is 7. The van der Waals surface area contributed by atoms with Crippen LogP contribution in [-0.4, -0.2) is 51.9 Å². The number of carbonyl (C=O) groups excluding carboxylic acids is 3. The topological polar surface area (TPSA) is 117 Å². The minimum absolute atomic E-state index is 0.107. The molecule has 1 aromatic heterocycles. The summed E-state index contributed by atoms with van der Waals surface area (Å²) in [6, 6.07) is 6.56. The van der Waals surface area contributed by atoms with E-state index in [0.29, 0.717) is 23.0 Å². The average molecular weight is 403 g/mol. The van der Waals surface area contributed by atoms with Crippen molar-refractivity contribution in [3.8, 4) is 0 Å². The van der Waals surface area contributed by atoms with Gasteiger partial charge in [0.05, 0.1) is 18.1 Å². The largest absolute Gasteiger partial charge is 0.462 e. The maximum atomic E-state index is 12.5. The lowest BCUT2D eigenvalue weighted by molar-refractivity contribution is -0.122. The van der Waals surface area contributed by atoms with Crippen molar-refractivity contribution in [2.75, 3.05) is 29.1 Å². The van der Waals surface area contributed by atoms with Crippen LogP contribution in [0.2, 0.25) is 0 Å². The van der Waals surface area contributed by atoms with Gasteiger partial charge in [-0.2, -0.15) is 4.98 Å². The van der Waals surface area contributed by atoms with Gasteiger partial charge in [0, 0.05) is 18.7 Å². The molecule has 0 radical (unpaired) electrons. The quantitative estimate of drug-likeness (QED) is 0.537. The van der Waals surface area contributed by atoms with Gasteiger partial charge < -0.3 is 9.64 Å². The van der Waals surface area contributed by atoms with Gasteiger partial charge in [-0.15, -0.1) is 5.10 Å². The molecule has 1 unspecified atom stereocenters. The van der Waals surface area contributed by atoms with E-state index < -0.39 is 11.9 Å². The molecule has 0 spiro atoms. The number of aromatic nitrogens is 3. The fourth-order valence-corrected chi connectivity index (χ4v) is 3.36. The Hall–Kier alpha value is -2.88. The summed E-state index contributed by atoms with van der Waals surface area (Å²) in [6.45, 7) is 4.28. The SMILES string of the molecule is CCOC(=O)c1ccc(N2CC(C(=O)Nc3nc(SCC)n[nH]3)CC2=O)cc1. The minimum atomic E-state index is -0.496. The Morgan fingerprint density at radius 1 is 1.32 bits per heavy atom. The van der Waals surface area contributed by atoms with Crippen molar-refractivity contribution in [3.05, 3.63) is 29.8 Å². The number of rotatable bonds is 7. The predicted molar refractivity (Wildman–Crippen MR) is 104 cm³/mol. The lowest BCUT2D eigenvalue weighted by Crippen LogP contribution is -2.28. The van der Waals surface area contributed by atoms with Crippen LogP contribution in [0.25, 0.3) is 0 Å². The monoisotopic (exact) mass is 403 g/mol. The zero-order chi connectivity index (χ0) is 20.1. The number of aromatic amines is 1. The smallest absolute Gasteiger partial charge is 0.338 e. The molecule has 1 aromatic carbocycles. The van der Waals surface area contributed by atoms with Gasteiger partial charge in [0.25, 0.3) is 0 Å². The molecule has 1 saturated heterocycles. The Kier molecular flexibility index (Phi) is 6.30. The number of ether oxygens (including phenoxy) is 1. The molecule has 0 bridgehead atoms. The first kappa shape index (κ1) is 19.9. The van der Waals surface area contributed by atoms with Crippen LogP contribution in [-0.2, 0) is 14.3 Å². The van der Waals surface area contributed by atoms with Crippen LogP contribution in [0.3, 0.4) is 0 Å². The number of esters is 1. The van der Waals surface area contributed by atoms with E-state index in [9.17, 15) is 14.4 Å². The number of thioether (sulfide) groups is 1. The van der Waals surface area contributed by atoms with Crippen molar-refractivity contribution in [2.45, 2.75) is 25.4 Å². The van der Waals surface area contributed by atoms with Crippen molar-refractivity contribution in [1.82, 2.24) is 15.2 Å². The Bertz CT molecular complexity index is 867. The number of benzene rings is 1. The van der Waals surface area contributed by atoms with Crippen molar-refractivity contribution in [3.63, 3.8) is 0 Å². The van der Waals surface area contributed by atoms with Crippen LogP contribution in [0.5, 0.6) is 0 Å². The molecule has 1 aliphatic rings. The zero-order valence-electron chi connectivity index (χ0n) is 15.6. The second-order valence-corrected chi connectivity index (χ2v) is 7.29. The molecule has 2 aromatic rings. The molecular formula is C18H21N5O4S. The van der Waals surface area contributed by atoms with Crippen molar-refractivity contribution < 1.29 is 19.1 Å². The fourth-order valence-electron chi connectivity index (χ4n) is 2.84. The highest BCUT2D eigenvalue weighted by Crippen LogP contribution is 2.26. The Morgan fingerprint density at radius 2 is 2.07 bits per heavy atom. The highest BCUT2D eigenvalue weighted by molar-refractivity contribution is 7.99. The number of amides is 2. The van der Waals surface area contributed by atoms with Gasteiger partial charge in [-0.3, -0.25) is 14.9 Å². The minimum Gasteiger partial charge on any atom is -0.462 e. The molecule has 148 valence electrons. The third-order valence-electron chi connectivity index (χ3n) is 4.17. The van der Waals surface area contributed by atoms with E-state index in [1.807, 2.05) is 6.92 Å². The molecule has 9 nitrogen and oxygen atoms in total. The molecule has 1 fully saturated rings. The molecule has 3 rings (SSSR count). The van der Waals surface area contributed by atoms with Gasteiger partial charge in [-0.1, -0.05) is 18.7 Å². The normalized spacial score (nSPS) is 16.3. The first-order chi connectivity index (χ1) is 13.5. The molecule has 2 N–H and O–H groups in total. The van der Waals surface area contributed by atoms with E-state index in [1.165, 1.54) is 16.7 Å². The standard InChI is InChI=1S/C18H21N5O4S/c1-3-27-16(26)11-5-7-13(8-6-11)23-10-12(9-14(23)24)15(25)19-17-20-18(22-21-17)28-4-2/h5-8,12H,3-4,9-10H2,1-2H3,(H2,19,20,21,22,25). The predicted octanol–water partition coefficient (Wildman–Crippen LogP) is 2.08. The van der Waals surface area contributed by atoms with Crippen LogP contribution in [0, 0.1) is 5.92 Å². The maximum Gasteiger partial charge on any atom is 0.338 e. The molecule has 0 saturated carbocycles. The average Bonchev–Trinajstić information content (AvgIpc) is 3.29. The van der Waals surface area contributed by atoms with E-state index >= 15 is 0 Å². The maximum absolute atomic E-state index is 12.5. The van der Waals surface area contributed by atoms with Gasteiger partial charge in [0.15, 0.2) is 0 Å². The molecule has 1 aliphatic heterocycles. The van der Waals surface area contributed by atoms with Crippen molar-refractivity contribution in [1.29, 1.82) is 0 Å². The van der Waals surface area contributed by atoms with Gasteiger partial charge in [-0.05, 0) is 36.9 Å². The highest BCUT2D eigenvalue weighted by atomic mass is 32.2. The van der Waals surface area contributed by atoms with E-state index in [-0.39, 0.29) is 30.7 Å². The summed E-state index contributed by atoms with van der Waals surface area (Å²) in [4.78, 5) is 42.3. The van der Waals surface area contributed by atoms with E-state index in [4.69, 9.17) is 4.74 Å². The second kappa shape index (κ2) is 8.87. The van der Waals surface area contributed by atoms with Crippen molar-refractivity contribution in [2.24, 2.45) is 5.92 Å². The molecule has 0 aliphatic carbocycles. The summed E-state index contributed by atoms with van der Waals surface area (Å²) < 4.78 is 4.95. The first-order valence-electron chi connectivity index (χ1n) is 8.95. The number of nitrogens with zero attached hydrogens (tertiary/aromatic N) is 3. The van der Waals surface area contributed by atoms with E-state index in [0.717, 1.165) is 5.75 Å². The first-order valence-corrected chi connectivity index (χ1v) is 9.94. The van der Waals surface area contributed by atoms with Crippen LogP contribution in [0.4, 0.5) is 11.6 Å². The second-order valence-electron chi connectivity index (χ2n) is 6.06. The van der Waals surface area contributed by atoms with E-state index in [2.05, 4.69) is 20.5 Å². The third-order valence-corrected chi connectivity index (χ3v) is 4.90. The van der Waals surface area contributed by atoms with Crippen LogP contribution < -0.4 is 10.2 Å². The van der Waals surface area contributed by atoms with Crippen LogP contribution >= 0.6 is 11.8 Å². The Balaban J connectivity index is 1.62. The number of nitrogens with one attached hydrogen (secondary N) is 2. The highest BCUT2D eigenvalue weighted by Gasteiger charge is 2.35. The summed E-state index contributed by atoms with van der Waals surface area (Å²) in [5.74, 6) is -0.249. The summed E-state index contributed by atoms with van der Waals surface area (Å²) in [5, 5.41) is 9.90. The lowest BCUT2D eigenvalue weighted by Gasteiger charge is -2.17. The number of anilines is 2. The van der Waals surface area contributed by atoms with E-state index in [1.54, 1.807) is 31.2 Å². The number of hydrogen-bond donors (Lipinski definition) is 2. The fraction of sp³-hybridized carbons (Fsp3) is 0.389. The molecule has 2 amide bonds. The molecule has 2 heterocycles. The van der Waals surface area contributed by atoms with Crippen LogP contribution in [0.15, 0.2) is 29.4 Å². The van der Waals surface area contributed by atoms with Crippen LogP contribution in [0.1, 0.15) is 30.6 Å². The third kappa shape index (κ3) is 4.50. The van der Waals surface area contributed by atoms with Crippen molar-refractivity contribution >= 4 is 41.2 Å². The molecule has 28 heavy (non-hydrogen) atoms. The molecule has 1 atom stereocenters. The summed E-state index contributed by atoms with van der Waals surface area (Å²) in [6.07, 6.45) is 0.107. The Morgan fingerprint density at radius 3 is 2.75 bits per heavy atom. The van der Waals surface area contributed by atoms with Gasteiger partial charge in [0.1, 0.15) is 0 Å². The number of H-pyrrole nitrogens is 1. The van der Waals surface area contributed by atoms with Gasteiger partial charge in [-0.25, -0.2) is 9.89 Å². The zero-order valence-corrected chi connectivity index (χ0v) is 16.4. The van der Waals surface area contributed by atoms with Gasteiger partial charge >= 0.3 is 5.97 Å². The summed E-state index contributed by atoms with van der Waals surface area (Å²) in [7, 11) is 0. The van der Waals surface area contributed by atoms with Gasteiger partial charge in [0.2, 0.25) is 22.9 Å². The molecular weight excluding hydrogens is 382 g/mol. The Labute approximate surface area is 166 Å².